The van der Waals surface area contributed by atoms with Crippen LogP contribution in [0.1, 0.15) is 72.9 Å². The Hall–Kier alpha value is -3.19. The molecule has 0 saturated carbocycles. The Kier molecular flexibility index (Phi) is 15.0. The van der Waals surface area contributed by atoms with Gasteiger partial charge in [0.25, 0.3) is 0 Å². The van der Waals surface area contributed by atoms with Crippen LogP contribution in [0.4, 0.5) is 0 Å². The summed E-state index contributed by atoms with van der Waals surface area (Å²) in [5.74, 6) is 4.80. The number of hydrogen-bond donors (Lipinski definition) is 2. The molecule has 3 rings (SSSR count). The SMILES string of the molecule is CC.CC.CC(NC(=O)C1CCCN1C(=O)C(N=C/C=N\N)C(C)C)c1ccc(-c2ccccc2Cl)cc1. The first-order valence-corrected chi connectivity index (χ1v) is 13.9. The third-order valence-electron chi connectivity index (χ3n) is 6.08. The van der Waals surface area contributed by atoms with Gasteiger partial charge < -0.3 is 16.1 Å². The van der Waals surface area contributed by atoms with Gasteiger partial charge in [-0.1, -0.05) is 95.6 Å². The van der Waals surface area contributed by atoms with E-state index in [0.29, 0.717) is 18.0 Å². The third-order valence-corrected chi connectivity index (χ3v) is 6.41. The Labute approximate surface area is 233 Å². The molecule has 2 amide bonds. The van der Waals surface area contributed by atoms with E-state index in [2.05, 4.69) is 15.4 Å². The van der Waals surface area contributed by atoms with Crippen molar-refractivity contribution in [2.75, 3.05) is 6.54 Å². The topological polar surface area (TPSA) is 100 Å². The van der Waals surface area contributed by atoms with Crippen LogP contribution in [-0.2, 0) is 9.59 Å². The van der Waals surface area contributed by atoms with Crippen LogP contribution in [0.25, 0.3) is 11.1 Å². The van der Waals surface area contributed by atoms with Crippen LogP contribution in [0, 0.1) is 5.92 Å². The number of halogens is 1. The largest absolute Gasteiger partial charge is 0.348 e. The van der Waals surface area contributed by atoms with Crippen LogP contribution in [0.3, 0.4) is 0 Å². The highest BCUT2D eigenvalue weighted by Gasteiger charge is 2.38. The molecule has 0 aromatic heterocycles. The molecule has 1 aliphatic heterocycles. The molecular weight excluding hydrogens is 498 g/mol. The maximum atomic E-state index is 13.2. The van der Waals surface area contributed by atoms with Crippen LogP contribution in [0.2, 0.25) is 5.02 Å². The monoisotopic (exact) mass is 541 g/mol. The van der Waals surface area contributed by atoms with Gasteiger partial charge in [-0.15, -0.1) is 0 Å². The summed E-state index contributed by atoms with van der Waals surface area (Å²) in [6, 6.07) is 14.4. The maximum Gasteiger partial charge on any atom is 0.248 e. The average molecular weight is 542 g/mol. The van der Waals surface area contributed by atoms with E-state index < -0.39 is 12.1 Å². The van der Waals surface area contributed by atoms with Gasteiger partial charge in [-0.05, 0) is 42.9 Å². The maximum absolute atomic E-state index is 13.2. The number of carbonyl (C=O) groups is 2. The second-order valence-electron chi connectivity index (χ2n) is 8.81. The van der Waals surface area contributed by atoms with Gasteiger partial charge in [0.1, 0.15) is 12.1 Å². The molecular formula is C30H44ClN5O2. The number of hydrogen-bond acceptors (Lipinski definition) is 5. The zero-order valence-corrected chi connectivity index (χ0v) is 24.6. The number of nitrogens with zero attached hydrogens (tertiary/aromatic N) is 3. The van der Waals surface area contributed by atoms with Gasteiger partial charge in [0, 0.05) is 23.3 Å². The highest BCUT2D eigenvalue weighted by atomic mass is 35.5. The predicted molar refractivity (Wildman–Crippen MR) is 161 cm³/mol. The molecule has 208 valence electrons. The van der Waals surface area contributed by atoms with E-state index in [1.165, 1.54) is 12.4 Å². The highest BCUT2D eigenvalue weighted by molar-refractivity contribution is 6.33. The van der Waals surface area contributed by atoms with Crippen molar-refractivity contribution in [2.45, 2.75) is 79.4 Å². The van der Waals surface area contributed by atoms with Crippen molar-refractivity contribution in [3.63, 3.8) is 0 Å². The summed E-state index contributed by atoms with van der Waals surface area (Å²) in [5, 5.41) is 7.16. The van der Waals surface area contributed by atoms with Crippen molar-refractivity contribution in [3.05, 3.63) is 59.1 Å². The van der Waals surface area contributed by atoms with E-state index in [0.717, 1.165) is 23.1 Å². The number of rotatable bonds is 8. The van der Waals surface area contributed by atoms with Crippen molar-refractivity contribution < 1.29 is 9.59 Å². The Morgan fingerprint density at radius 2 is 1.66 bits per heavy atom. The quantitative estimate of drug-likeness (QED) is 0.234. The number of nitrogens with one attached hydrogen (secondary N) is 1. The van der Waals surface area contributed by atoms with Gasteiger partial charge in [-0.3, -0.25) is 14.6 Å². The molecule has 8 heteroatoms. The second kappa shape index (κ2) is 17.3. The van der Waals surface area contributed by atoms with E-state index in [1.54, 1.807) is 4.90 Å². The summed E-state index contributed by atoms with van der Waals surface area (Å²) in [7, 11) is 0. The van der Waals surface area contributed by atoms with Gasteiger partial charge in [0.05, 0.1) is 12.3 Å². The summed E-state index contributed by atoms with van der Waals surface area (Å²) >= 11 is 6.31. The number of nitrogens with two attached hydrogens (primary N) is 1. The Morgan fingerprint density at radius 1 is 1.03 bits per heavy atom. The molecule has 2 aromatic rings. The van der Waals surface area contributed by atoms with Crippen LogP contribution >= 0.6 is 11.6 Å². The van der Waals surface area contributed by atoms with Crippen molar-refractivity contribution in [3.8, 4) is 11.1 Å². The van der Waals surface area contributed by atoms with Crippen LogP contribution in [0.15, 0.2) is 58.6 Å². The standard InChI is InChI=1S/C26H32ClN5O2.2C2H6/c1-17(2)24(29-14-15-30-28)26(34)32-16-6-9-23(32)25(33)31-18(3)19-10-12-20(13-11-19)21-7-4-5-8-22(21)27;2*1-2/h4-5,7-8,10-15,17-18,23-24H,6,9,16,28H2,1-3H3,(H,31,33);2*1-2H3/b29-14?,30-15-;;. The minimum Gasteiger partial charge on any atom is -0.348 e. The molecule has 3 atom stereocenters. The zero-order valence-electron chi connectivity index (χ0n) is 23.8. The van der Waals surface area contributed by atoms with Gasteiger partial charge >= 0.3 is 0 Å². The molecule has 1 saturated heterocycles. The molecule has 1 fully saturated rings. The fraction of sp³-hybridized carbons (Fsp3) is 0.467. The van der Waals surface area contributed by atoms with Gasteiger partial charge in [0.2, 0.25) is 11.8 Å². The Balaban J connectivity index is 0.00000172. The molecule has 3 unspecified atom stereocenters. The average Bonchev–Trinajstić information content (AvgIpc) is 3.44. The minimum atomic E-state index is -0.582. The number of aliphatic imine (C=N–C) groups is 1. The highest BCUT2D eigenvalue weighted by Crippen LogP contribution is 2.29. The van der Waals surface area contributed by atoms with Crippen molar-refractivity contribution in [1.29, 1.82) is 0 Å². The number of likely N-dealkylation sites (tertiary alicyclic amines) is 1. The van der Waals surface area contributed by atoms with Gasteiger partial charge in [0.15, 0.2) is 0 Å². The molecule has 0 spiro atoms. The Morgan fingerprint density at radius 3 is 2.24 bits per heavy atom. The number of amides is 2. The van der Waals surface area contributed by atoms with Crippen molar-refractivity contribution in [2.24, 2.45) is 21.9 Å². The van der Waals surface area contributed by atoms with E-state index in [1.807, 2.05) is 97.0 Å². The lowest BCUT2D eigenvalue weighted by Crippen LogP contribution is -2.50. The smallest absolute Gasteiger partial charge is 0.248 e. The molecule has 7 nitrogen and oxygen atoms in total. The summed E-state index contributed by atoms with van der Waals surface area (Å²) in [5.41, 5.74) is 2.96. The number of hydrazone groups is 1. The lowest BCUT2D eigenvalue weighted by Gasteiger charge is -2.29. The summed E-state index contributed by atoms with van der Waals surface area (Å²) in [4.78, 5) is 32.3. The summed E-state index contributed by atoms with van der Waals surface area (Å²) < 4.78 is 0. The molecule has 1 aliphatic rings. The Bertz CT molecular complexity index is 1050. The lowest BCUT2D eigenvalue weighted by atomic mass is 10.0. The second-order valence-corrected chi connectivity index (χ2v) is 9.21. The fourth-order valence-electron chi connectivity index (χ4n) is 4.20. The van der Waals surface area contributed by atoms with Crippen molar-refractivity contribution in [1.82, 2.24) is 10.2 Å². The van der Waals surface area contributed by atoms with Gasteiger partial charge in [-0.25, -0.2) is 0 Å². The van der Waals surface area contributed by atoms with E-state index >= 15 is 0 Å². The normalized spacial score (nSPS) is 16.4. The molecule has 2 aromatic carbocycles. The van der Waals surface area contributed by atoms with Crippen LogP contribution < -0.4 is 11.2 Å². The van der Waals surface area contributed by atoms with Gasteiger partial charge in [-0.2, -0.15) is 5.10 Å². The first-order valence-electron chi connectivity index (χ1n) is 13.5. The molecule has 0 radical (unpaired) electrons. The van der Waals surface area contributed by atoms with Crippen LogP contribution in [-0.4, -0.2) is 47.8 Å². The fourth-order valence-corrected chi connectivity index (χ4v) is 4.45. The van der Waals surface area contributed by atoms with E-state index in [-0.39, 0.29) is 23.8 Å². The number of carbonyl (C=O) groups excluding carboxylic acids is 2. The predicted octanol–water partition coefficient (Wildman–Crippen LogP) is 6.27. The molecule has 0 aliphatic carbocycles. The first-order chi connectivity index (χ1) is 18.3. The lowest BCUT2D eigenvalue weighted by molar-refractivity contribution is -0.140. The molecule has 3 N–H and O–H groups in total. The summed E-state index contributed by atoms with van der Waals surface area (Å²) in [6.45, 7) is 14.3. The third kappa shape index (κ3) is 8.98. The molecule has 38 heavy (non-hydrogen) atoms. The van der Waals surface area contributed by atoms with Crippen molar-refractivity contribution >= 4 is 35.8 Å². The first kappa shape index (κ1) is 32.8. The zero-order chi connectivity index (χ0) is 28.7. The molecule has 0 bridgehead atoms. The molecule has 1 heterocycles. The number of benzene rings is 2. The van der Waals surface area contributed by atoms with Crippen LogP contribution in [0.5, 0.6) is 0 Å². The minimum absolute atomic E-state index is 0.0187. The van der Waals surface area contributed by atoms with E-state index in [9.17, 15) is 9.59 Å². The van der Waals surface area contributed by atoms with E-state index in [4.69, 9.17) is 17.4 Å². The summed E-state index contributed by atoms with van der Waals surface area (Å²) in [6.07, 6.45) is 4.19.